The van der Waals surface area contributed by atoms with Gasteiger partial charge < -0.3 is 10.1 Å². The largest absolute Gasteiger partial charge is 0.492 e. The van der Waals surface area contributed by atoms with Crippen LogP contribution >= 0.6 is 0 Å². The molecule has 0 spiro atoms. The summed E-state index contributed by atoms with van der Waals surface area (Å²) in [6.07, 6.45) is 2.85. The molecule has 1 saturated carbocycles. The Morgan fingerprint density at radius 2 is 2.21 bits per heavy atom. The van der Waals surface area contributed by atoms with Crippen molar-refractivity contribution in [1.29, 1.82) is 5.26 Å². The van der Waals surface area contributed by atoms with Gasteiger partial charge in [-0.15, -0.1) is 0 Å². The Morgan fingerprint density at radius 1 is 1.42 bits per heavy atom. The van der Waals surface area contributed by atoms with E-state index in [1.165, 1.54) is 11.1 Å². The summed E-state index contributed by atoms with van der Waals surface area (Å²) >= 11 is 0. The summed E-state index contributed by atoms with van der Waals surface area (Å²) in [6, 6.07) is 8.53. The number of benzene rings is 1. The minimum Gasteiger partial charge on any atom is -0.492 e. The van der Waals surface area contributed by atoms with E-state index < -0.39 is 0 Å². The Morgan fingerprint density at radius 3 is 2.84 bits per heavy atom. The summed E-state index contributed by atoms with van der Waals surface area (Å²) in [7, 11) is 0. The molecule has 0 amide bonds. The van der Waals surface area contributed by atoms with Crippen molar-refractivity contribution >= 4 is 0 Å². The fraction of sp³-hybridized carbons (Fsp3) is 0.562. The molecule has 2 rings (SSSR count). The number of rotatable bonds is 7. The van der Waals surface area contributed by atoms with Crippen LogP contribution in [0.5, 0.6) is 5.75 Å². The van der Waals surface area contributed by atoms with E-state index in [0.717, 1.165) is 31.7 Å². The van der Waals surface area contributed by atoms with Crippen molar-refractivity contribution in [3.8, 4) is 11.8 Å². The minimum absolute atomic E-state index is 0.131. The van der Waals surface area contributed by atoms with Gasteiger partial charge in [0.15, 0.2) is 0 Å². The molecule has 0 saturated heterocycles. The van der Waals surface area contributed by atoms with Gasteiger partial charge in [-0.05, 0) is 31.9 Å². The van der Waals surface area contributed by atoms with Gasteiger partial charge in [0.05, 0.1) is 12.7 Å². The topological polar surface area (TPSA) is 45.0 Å². The van der Waals surface area contributed by atoms with Gasteiger partial charge in [-0.2, -0.15) is 5.26 Å². The lowest BCUT2D eigenvalue weighted by Crippen LogP contribution is -2.16. The number of nitrogens with zero attached hydrogens (tertiary/aromatic N) is 1. The predicted octanol–water partition coefficient (Wildman–Crippen LogP) is 3.18. The number of hydrogen-bond acceptors (Lipinski definition) is 3. The highest BCUT2D eigenvalue weighted by Crippen LogP contribution is 2.49. The molecule has 1 aromatic rings. The first-order valence-electron chi connectivity index (χ1n) is 7.00. The zero-order valence-corrected chi connectivity index (χ0v) is 11.8. The van der Waals surface area contributed by atoms with Gasteiger partial charge in [0.1, 0.15) is 5.75 Å². The van der Waals surface area contributed by atoms with Gasteiger partial charge >= 0.3 is 0 Å². The monoisotopic (exact) mass is 258 g/mol. The SMILES string of the molecule is CCNCc1cccc(C)c1OCC1(CC#N)CC1. The Kier molecular flexibility index (Phi) is 4.44. The molecule has 1 aromatic carbocycles. The lowest BCUT2D eigenvalue weighted by molar-refractivity contribution is 0.233. The average Bonchev–Trinajstić information content (AvgIpc) is 3.16. The van der Waals surface area contributed by atoms with Crippen molar-refractivity contribution in [3.63, 3.8) is 0 Å². The predicted molar refractivity (Wildman–Crippen MR) is 76.0 cm³/mol. The Hall–Kier alpha value is -1.53. The first-order valence-corrected chi connectivity index (χ1v) is 7.00. The summed E-state index contributed by atoms with van der Waals surface area (Å²) in [4.78, 5) is 0. The number of para-hydroxylation sites is 1. The number of ether oxygens (including phenoxy) is 1. The molecular formula is C16H22N2O. The zero-order chi connectivity index (χ0) is 13.7. The standard InChI is InChI=1S/C16H22N2O/c1-3-18-11-14-6-4-5-13(2)15(14)19-12-16(7-8-16)9-10-17/h4-6,18H,3,7-9,11-12H2,1-2H3. The van der Waals surface area contributed by atoms with Crippen LogP contribution in [0.1, 0.15) is 37.3 Å². The van der Waals surface area contributed by atoms with Crippen molar-refractivity contribution in [3.05, 3.63) is 29.3 Å². The fourth-order valence-corrected chi connectivity index (χ4v) is 2.26. The molecule has 0 aromatic heterocycles. The Labute approximate surface area is 115 Å². The maximum atomic E-state index is 8.85. The second kappa shape index (κ2) is 6.08. The molecule has 1 aliphatic rings. The summed E-state index contributed by atoms with van der Waals surface area (Å²) in [5.41, 5.74) is 2.50. The van der Waals surface area contributed by atoms with E-state index in [1.807, 2.05) is 0 Å². The van der Waals surface area contributed by atoms with Crippen molar-refractivity contribution in [2.45, 2.75) is 39.7 Å². The van der Waals surface area contributed by atoms with Crippen LogP contribution in [-0.2, 0) is 6.54 Å². The number of hydrogen-bond donors (Lipinski definition) is 1. The van der Waals surface area contributed by atoms with E-state index in [0.29, 0.717) is 13.0 Å². The molecule has 0 unspecified atom stereocenters. The maximum absolute atomic E-state index is 8.85. The Bertz CT molecular complexity index is 472. The highest BCUT2D eigenvalue weighted by Gasteiger charge is 2.43. The molecule has 0 atom stereocenters. The first kappa shape index (κ1) is 13.9. The van der Waals surface area contributed by atoms with E-state index in [-0.39, 0.29) is 5.41 Å². The molecule has 0 aliphatic heterocycles. The molecule has 0 radical (unpaired) electrons. The lowest BCUT2D eigenvalue weighted by atomic mass is 10.0. The maximum Gasteiger partial charge on any atom is 0.126 e. The molecule has 19 heavy (non-hydrogen) atoms. The van der Waals surface area contributed by atoms with Gasteiger partial charge in [0.2, 0.25) is 0 Å². The second-order valence-corrected chi connectivity index (χ2v) is 5.47. The van der Waals surface area contributed by atoms with Crippen LogP contribution in [0.15, 0.2) is 18.2 Å². The average molecular weight is 258 g/mol. The van der Waals surface area contributed by atoms with Crippen LogP contribution in [0.2, 0.25) is 0 Å². The molecular weight excluding hydrogens is 236 g/mol. The van der Waals surface area contributed by atoms with Crippen molar-refractivity contribution in [1.82, 2.24) is 5.32 Å². The Balaban J connectivity index is 2.04. The van der Waals surface area contributed by atoms with Crippen molar-refractivity contribution in [2.75, 3.05) is 13.2 Å². The van der Waals surface area contributed by atoms with Gasteiger partial charge in [0, 0.05) is 23.9 Å². The molecule has 1 aliphatic carbocycles. The van der Waals surface area contributed by atoms with Crippen LogP contribution in [0.3, 0.4) is 0 Å². The number of aryl methyl sites for hydroxylation is 1. The summed E-state index contributed by atoms with van der Waals surface area (Å²) in [6.45, 7) is 6.63. The quantitative estimate of drug-likeness (QED) is 0.817. The smallest absolute Gasteiger partial charge is 0.126 e. The van der Waals surface area contributed by atoms with Crippen LogP contribution in [0.25, 0.3) is 0 Å². The molecule has 1 fully saturated rings. The van der Waals surface area contributed by atoms with Gasteiger partial charge in [-0.1, -0.05) is 25.1 Å². The van der Waals surface area contributed by atoms with Gasteiger partial charge in [-0.3, -0.25) is 0 Å². The fourth-order valence-electron chi connectivity index (χ4n) is 2.26. The van der Waals surface area contributed by atoms with Gasteiger partial charge in [0.25, 0.3) is 0 Å². The molecule has 0 heterocycles. The highest BCUT2D eigenvalue weighted by atomic mass is 16.5. The molecule has 3 nitrogen and oxygen atoms in total. The first-order chi connectivity index (χ1) is 9.21. The summed E-state index contributed by atoms with van der Waals surface area (Å²) in [5.74, 6) is 0.993. The van der Waals surface area contributed by atoms with E-state index >= 15 is 0 Å². The van der Waals surface area contributed by atoms with Crippen LogP contribution in [0, 0.1) is 23.7 Å². The normalized spacial score (nSPS) is 15.8. The lowest BCUT2D eigenvalue weighted by Gasteiger charge is -2.18. The summed E-state index contributed by atoms with van der Waals surface area (Å²) < 4.78 is 6.05. The molecule has 1 N–H and O–H groups in total. The van der Waals surface area contributed by atoms with Crippen molar-refractivity contribution < 1.29 is 4.74 Å². The van der Waals surface area contributed by atoms with Crippen LogP contribution in [-0.4, -0.2) is 13.2 Å². The third-order valence-corrected chi connectivity index (χ3v) is 3.79. The third kappa shape index (κ3) is 3.48. The van der Waals surface area contributed by atoms with Crippen molar-refractivity contribution in [2.24, 2.45) is 5.41 Å². The van der Waals surface area contributed by atoms with E-state index in [9.17, 15) is 0 Å². The van der Waals surface area contributed by atoms with Gasteiger partial charge in [-0.25, -0.2) is 0 Å². The molecule has 102 valence electrons. The summed E-state index contributed by atoms with van der Waals surface area (Å²) in [5, 5.41) is 12.2. The van der Waals surface area contributed by atoms with E-state index in [4.69, 9.17) is 10.00 Å². The number of nitrogens with one attached hydrogen (secondary N) is 1. The second-order valence-electron chi connectivity index (χ2n) is 5.47. The van der Waals surface area contributed by atoms with E-state index in [2.05, 4.69) is 43.4 Å². The number of nitriles is 1. The van der Waals surface area contributed by atoms with Crippen LogP contribution < -0.4 is 10.1 Å². The van der Waals surface area contributed by atoms with Crippen LogP contribution in [0.4, 0.5) is 0 Å². The van der Waals surface area contributed by atoms with E-state index in [1.54, 1.807) is 0 Å². The minimum atomic E-state index is 0.131. The zero-order valence-electron chi connectivity index (χ0n) is 11.8. The molecule has 3 heteroatoms. The third-order valence-electron chi connectivity index (χ3n) is 3.79. The molecule has 0 bridgehead atoms. The highest BCUT2D eigenvalue weighted by molar-refractivity contribution is 5.40.